The van der Waals surface area contributed by atoms with Gasteiger partial charge in [0.25, 0.3) is 0 Å². The van der Waals surface area contributed by atoms with Crippen molar-refractivity contribution < 1.29 is 4.79 Å². The van der Waals surface area contributed by atoms with E-state index in [0.717, 1.165) is 32.4 Å². The second-order valence-corrected chi connectivity index (χ2v) is 3.96. The third kappa shape index (κ3) is 3.54. The van der Waals surface area contributed by atoms with E-state index in [4.69, 9.17) is 0 Å². The number of hydrogen-bond donors (Lipinski definition) is 2. The zero-order chi connectivity index (χ0) is 10.4. The zero-order valence-electron chi connectivity index (χ0n) is 9.18. The van der Waals surface area contributed by atoms with Gasteiger partial charge in [-0.1, -0.05) is 0 Å². The van der Waals surface area contributed by atoms with Gasteiger partial charge in [0.05, 0.1) is 0 Å². The van der Waals surface area contributed by atoms with Gasteiger partial charge in [0.15, 0.2) is 0 Å². The van der Waals surface area contributed by atoms with Crippen molar-refractivity contribution in [1.29, 1.82) is 0 Å². The van der Waals surface area contributed by atoms with E-state index in [1.807, 2.05) is 14.1 Å². The average molecular weight is 199 g/mol. The molecular formula is C10H21N3O. The summed E-state index contributed by atoms with van der Waals surface area (Å²) in [6, 6.07) is 0.514. The molecule has 1 fully saturated rings. The van der Waals surface area contributed by atoms with Crippen molar-refractivity contribution >= 4 is 6.03 Å². The molecule has 82 valence electrons. The molecule has 4 heteroatoms. The van der Waals surface area contributed by atoms with Gasteiger partial charge in [0, 0.05) is 19.6 Å². The van der Waals surface area contributed by atoms with E-state index in [1.54, 1.807) is 4.90 Å². The highest BCUT2D eigenvalue weighted by molar-refractivity contribution is 5.74. The summed E-state index contributed by atoms with van der Waals surface area (Å²) in [5.74, 6) is 0. The largest absolute Gasteiger partial charge is 0.335 e. The van der Waals surface area contributed by atoms with Gasteiger partial charge in [-0.3, -0.25) is 0 Å². The molecule has 0 aliphatic heterocycles. The van der Waals surface area contributed by atoms with Crippen LogP contribution < -0.4 is 10.6 Å². The molecule has 0 unspecified atom stereocenters. The SMILES string of the molecule is CNCCCN(C)C(=O)NC1CCC1. The predicted molar refractivity (Wildman–Crippen MR) is 57.3 cm³/mol. The lowest BCUT2D eigenvalue weighted by Gasteiger charge is -2.29. The molecule has 0 aromatic heterocycles. The molecule has 2 N–H and O–H groups in total. The van der Waals surface area contributed by atoms with Crippen LogP contribution >= 0.6 is 0 Å². The summed E-state index contributed by atoms with van der Waals surface area (Å²) < 4.78 is 0. The van der Waals surface area contributed by atoms with E-state index >= 15 is 0 Å². The molecule has 2 amide bonds. The Morgan fingerprint density at radius 3 is 2.71 bits per heavy atom. The first kappa shape index (κ1) is 11.3. The maximum absolute atomic E-state index is 11.5. The van der Waals surface area contributed by atoms with Crippen LogP contribution in [0.5, 0.6) is 0 Å². The number of nitrogens with zero attached hydrogens (tertiary/aromatic N) is 1. The molecule has 0 radical (unpaired) electrons. The molecule has 0 aromatic rings. The summed E-state index contributed by atoms with van der Waals surface area (Å²) in [4.78, 5) is 13.3. The van der Waals surface area contributed by atoms with E-state index in [0.29, 0.717) is 6.04 Å². The van der Waals surface area contributed by atoms with Crippen molar-refractivity contribution in [2.75, 3.05) is 27.2 Å². The summed E-state index contributed by atoms with van der Waals surface area (Å²) in [6.07, 6.45) is 4.56. The Labute approximate surface area is 86.0 Å². The van der Waals surface area contributed by atoms with Gasteiger partial charge in [-0.2, -0.15) is 0 Å². The molecule has 1 aliphatic carbocycles. The second kappa shape index (κ2) is 5.86. The summed E-state index contributed by atoms with van der Waals surface area (Å²) in [5.41, 5.74) is 0. The van der Waals surface area contributed by atoms with Gasteiger partial charge >= 0.3 is 6.03 Å². The van der Waals surface area contributed by atoms with Crippen LogP contribution in [-0.2, 0) is 0 Å². The van der Waals surface area contributed by atoms with Crippen molar-refractivity contribution in [2.45, 2.75) is 31.7 Å². The molecule has 1 saturated carbocycles. The minimum absolute atomic E-state index is 0.0748. The predicted octanol–water partition coefficient (Wildman–Crippen LogP) is 0.790. The van der Waals surface area contributed by atoms with Crippen LogP contribution in [0.4, 0.5) is 4.79 Å². The molecule has 1 rings (SSSR count). The zero-order valence-corrected chi connectivity index (χ0v) is 9.18. The number of carbonyl (C=O) groups excluding carboxylic acids is 1. The van der Waals surface area contributed by atoms with E-state index < -0.39 is 0 Å². The fourth-order valence-corrected chi connectivity index (χ4v) is 1.43. The van der Waals surface area contributed by atoms with E-state index in [9.17, 15) is 4.79 Å². The third-order valence-electron chi connectivity index (χ3n) is 2.70. The molecule has 0 spiro atoms. The Morgan fingerprint density at radius 2 is 2.21 bits per heavy atom. The van der Waals surface area contributed by atoms with Crippen molar-refractivity contribution in [3.8, 4) is 0 Å². The number of urea groups is 1. The quantitative estimate of drug-likeness (QED) is 0.643. The Bertz CT molecular complexity index is 180. The number of amides is 2. The lowest BCUT2D eigenvalue weighted by Crippen LogP contribution is -2.46. The Hall–Kier alpha value is -0.770. The van der Waals surface area contributed by atoms with Gasteiger partial charge in [-0.25, -0.2) is 4.79 Å². The van der Waals surface area contributed by atoms with E-state index in [1.165, 1.54) is 6.42 Å². The first-order valence-corrected chi connectivity index (χ1v) is 5.40. The lowest BCUT2D eigenvalue weighted by molar-refractivity contribution is 0.196. The number of hydrogen-bond acceptors (Lipinski definition) is 2. The highest BCUT2D eigenvalue weighted by atomic mass is 16.2. The summed E-state index contributed by atoms with van der Waals surface area (Å²) >= 11 is 0. The molecule has 0 saturated heterocycles. The Balaban J connectivity index is 2.08. The Morgan fingerprint density at radius 1 is 1.50 bits per heavy atom. The van der Waals surface area contributed by atoms with E-state index in [2.05, 4.69) is 10.6 Å². The minimum atomic E-state index is 0.0748. The Kier molecular flexibility index (Phi) is 4.73. The molecule has 0 aromatic carbocycles. The van der Waals surface area contributed by atoms with Gasteiger partial charge in [-0.05, 0) is 39.3 Å². The topological polar surface area (TPSA) is 44.4 Å². The fraction of sp³-hybridized carbons (Fsp3) is 0.900. The molecule has 0 bridgehead atoms. The average Bonchev–Trinajstić information content (AvgIpc) is 2.11. The maximum atomic E-state index is 11.5. The highest BCUT2D eigenvalue weighted by Gasteiger charge is 2.20. The van der Waals surface area contributed by atoms with Crippen molar-refractivity contribution in [3.05, 3.63) is 0 Å². The maximum Gasteiger partial charge on any atom is 0.317 e. The van der Waals surface area contributed by atoms with Gasteiger partial charge in [-0.15, -0.1) is 0 Å². The van der Waals surface area contributed by atoms with Crippen molar-refractivity contribution in [2.24, 2.45) is 0 Å². The third-order valence-corrected chi connectivity index (χ3v) is 2.70. The number of nitrogens with one attached hydrogen (secondary N) is 2. The monoisotopic (exact) mass is 199 g/mol. The van der Waals surface area contributed by atoms with Crippen LogP contribution in [0.1, 0.15) is 25.7 Å². The lowest BCUT2D eigenvalue weighted by atomic mass is 9.93. The molecule has 14 heavy (non-hydrogen) atoms. The summed E-state index contributed by atoms with van der Waals surface area (Å²) in [5, 5.41) is 6.08. The van der Waals surface area contributed by atoms with Crippen molar-refractivity contribution in [1.82, 2.24) is 15.5 Å². The first-order valence-electron chi connectivity index (χ1n) is 5.40. The standard InChI is InChI=1S/C10H21N3O/c1-11-7-4-8-13(2)10(14)12-9-5-3-6-9/h9,11H,3-8H2,1-2H3,(H,12,14). The van der Waals surface area contributed by atoms with Crippen LogP contribution in [0.2, 0.25) is 0 Å². The summed E-state index contributed by atoms with van der Waals surface area (Å²) in [7, 11) is 3.78. The van der Waals surface area contributed by atoms with Crippen molar-refractivity contribution in [3.63, 3.8) is 0 Å². The molecule has 0 atom stereocenters. The van der Waals surface area contributed by atoms with Crippen LogP contribution in [-0.4, -0.2) is 44.2 Å². The van der Waals surface area contributed by atoms with Crippen LogP contribution in [0.25, 0.3) is 0 Å². The molecule has 4 nitrogen and oxygen atoms in total. The minimum Gasteiger partial charge on any atom is -0.335 e. The first-order chi connectivity index (χ1) is 6.74. The fourth-order valence-electron chi connectivity index (χ4n) is 1.43. The highest BCUT2D eigenvalue weighted by Crippen LogP contribution is 2.17. The van der Waals surface area contributed by atoms with E-state index in [-0.39, 0.29) is 6.03 Å². The van der Waals surface area contributed by atoms with Crippen LogP contribution in [0.3, 0.4) is 0 Å². The molecule has 1 aliphatic rings. The normalized spacial score (nSPS) is 16.1. The number of rotatable bonds is 5. The smallest absolute Gasteiger partial charge is 0.317 e. The summed E-state index contributed by atoms with van der Waals surface area (Å²) in [6.45, 7) is 1.78. The van der Waals surface area contributed by atoms with Crippen LogP contribution in [0.15, 0.2) is 0 Å². The molecule has 0 heterocycles. The van der Waals surface area contributed by atoms with Gasteiger partial charge < -0.3 is 15.5 Å². The van der Waals surface area contributed by atoms with Gasteiger partial charge in [0.2, 0.25) is 0 Å². The molecular weight excluding hydrogens is 178 g/mol. The van der Waals surface area contributed by atoms with Crippen LogP contribution in [0, 0.1) is 0 Å². The van der Waals surface area contributed by atoms with Gasteiger partial charge in [0.1, 0.15) is 0 Å². The number of carbonyl (C=O) groups is 1. The second-order valence-electron chi connectivity index (χ2n) is 3.96.